The van der Waals surface area contributed by atoms with Crippen LogP contribution in [0.2, 0.25) is 0 Å². The zero-order valence-electron chi connectivity index (χ0n) is 15.4. The van der Waals surface area contributed by atoms with Crippen LogP contribution in [0.4, 0.5) is 0 Å². The Labute approximate surface area is 162 Å². The van der Waals surface area contributed by atoms with Crippen LogP contribution in [0.3, 0.4) is 0 Å². The molecule has 140 valence electrons. The molecule has 0 saturated carbocycles. The number of hydrogen-bond acceptors (Lipinski definition) is 5. The highest BCUT2D eigenvalue weighted by Gasteiger charge is 2.21. The Bertz CT molecular complexity index is 946. The van der Waals surface area contributed by atoms with E-state index in [9.17, 15) is 4.79 Å². The topological polar surface area (TPSA) is 58.2 Å². The molecule has 2 aromatic heterocycles. The molecule has 0 amide bonds. The zero-order valence-corrected chi connectivity index (χ0v) is 16.2. The summed E-state index contributed by atoms with van der Waals surface area (Å²) < 4.78 is 5.72. The molecule has 1 aromatic carbocycles. The van der Waals surface area contributed by atoms with Gasteiger partial charge in [0.15, 0.2) is 0 Å². The van der Waals surface area contributed by atoms with Crippen molar-refractivity contribution in [3.8, 4) is 11.4 Å². The highest BCUT2D eigenvalue weighted by Crippen LogP contribution is 2.28. The smallest absolute Gasteiger partial charge is 0.251 e. The van der Waals surface area contributed by atoms with Crippen molar-refractivity contribution in [3.63, 3.8) is 0 Å². The summed E-state index contributed by atoms with van der Waals surface area (Å²) >= 11 is 1.71. The highest BCUT2D eigenvalue weighted by molar-refractivity contribution is 7.07. The van der Waals surface area contributed by atoms with E-state index in [4.69, 9.17) is 9.72 Å². The van der Waals surface area contributed by atoms with Gasteiger partial charge in [-0.25, -0.2) is 4.98 Å². The van der Waals surface area contributed by atoms with Crippen molar-refractivity contribution in [2.45, 2.75) is 32.0 Å². The van der Waals surface area contributed by atoms with Crippen LogP contribution < -0.4 is 5.56 Å². The van der Waals surface area contributed by atoms with Crippen molar-refractivity contribution in [1.82, 2.24) is 14.9 Å². The maximum Gasteiger partial charge on any atom is 0.251 e. The van der Waals surface area contributed by atoms with E-state index in [-0.39, 0.29) is 11.7 Å². The number of benzene rings is 1. The summed E-state index contributed by atoms with van der Waals surface area (Å²) in [6, 6.07) is 11.8. The van der Waals surface area contributed by atoms with E-state index in [2.05, 4.69) is 39.8 Å². The predicted molar refractivity (Wildman–Crippen MR) is 108 cm³/mol. The van der Waals surface area contributed by atoms with Gasteiger partial charge in [-0.15, -0.1) is 0 Å². The van der Waals surface area contributed by atoms with E-state index < -0.39 is 0 Å². The monoisotopic (exact) mass is 381 g/mol. The van der Waals surface area contributed by atoms with E-state index in [0.717, 1.165) is 49.4 Å². The van der Waals surface area contributed by atoms with Crippen LogP contribution in [0.15, 0.2) is 52.0 Å². The maximum absolute atomic E-state index is 12.2. The minimum Gasteiger partial charge on any atom is -0.372 e. The zero-order chi connectivity index (χ0) is 18.6. The van der Waals surface area contributed by atoms with Crippen molar-refractivity contribution in [1.29, 1.82) is 0 Å². The summed E-state index contributed by atoms with van der Waals surface area (Å²) in [6.45, 7) is 2.40. The summed E-state index contributed by atoms with van der Waals surface area (Å²) in [5.41, 5.74) is 4.01. The third-order valence-electron chi connectivity index (χ3n) is 4.77. The number of aromatic nitrogens is 2. The first kappa shape index (κ1) is 18.1. The molecule has 4 rings (SSSR count). The Kier molecular flexibility index (Phi) is 5.48. The van der Waals surface area contributed by atoms with Crippen LogP contribution in [0.1, 0.15) is 35.8 Å². The van der Waals surface area contributed by atoms with Gasteiger partial charge in [0, 0.05) is 31.3 Å². The Morgan fingerprint density at radius 1 is 1.30 bits per heavy atom. The molecule has 1 unspecified atom stereocenters. The van der Waals surface area contributed by atoms with Gasteiger partial charge in [-0.3, -0.25) is 9.69 Å². The molecule has 1 saturated heterocycles. The first-order chi connectivity index (χ1) is 13.2. The lowest BCUT2D eigenvalue weighted by atomic mass is 10.1. The van der Waals surface area contributed by atoms with Crippen LogP contribution in [0, 0.1) is 0 Å². The van der Waals surface area contributed by atoms with Crippen molar-refractivity contribution in [3.05, 3.63) is 74.3 Å². The van der Waals surface area contributed by atoms with Gasteiger partial charge in [-0.05, 0) is 47.8 Å². The van der Waals surface area contributed by atoms with E-state index in [1.807, 2.05) is 18.2 Å². The normalized spacial score (nSPS) is 16.9. The molecule has 0 spiro atoms. The molecule has 0 aliphatic carbocycles. The van der Waals surface area contributed by atoms with Crippen LogP contribution in [-0.2, 0) is 17.8 Å². The summed E-state index contributed by atoms with van der Waals surface area (Å²) in [7, 11) is 2.10. The number of H-pyrrole nitrogens is 1. The molecule has 3 heterocycles. The molecule has 6 heteroatoms. The molecule has 3 aromatic rings. The van der Waals surface area contributed by atoms with Gasteiger partial charge < -0.3 is 9.72 Å². The summed E-state index contributed by atoms with van der Waals surface area (Å²) in [6.07, 6.45) is 1.86. The largest absolute Gasteiger partial charge is 0.372 e. The second kappa shape index (κ2) is 8.17. The third kappa shape index (κ3) is 4.35. The molecular formula is C21H23N3O2S. The van der Waals surface area contributed by atoms with Gasteiger partial charge in [-0.1, -0.05) is 24.3 Å². The molecule has 0 bridgehead atoms. The Balaban J connectivity index is 1.61. The van der Waals surface area contributed by atoms with Crippen LogP contribution in [0.25, 0.3) is 11.4 Å². The predicted octanol–water partition coefficient (Wildman–Crippen LogP) is 3.98. The van der Waals surface area contributed by atoms with E-state index in [1.165, 1.54) is 5.56 Å². The lowest BCUT2D eigenvalue weighted by Gasteiger charge is -2.18. The average molecular weight is 382 g/mol. The first-order valence-corrected chi connectivity index (χ1v) is 10.1. The first-order valence-electron chi connectivity index (χ1n) is 9.20. The Morgan fingerprint density at radius 2 is 2.19 bits per heavy atom. The summed E-state index contributed by atoms with van der Waals surface area (Å²) in [5.74, 6) is 0.618. The third-order valence-corrected chi connectivity index (χ3v) is 5.50. The van der Waals surface area contributed by atoms with Crippen molar-refractivity contribution in [2.24, 2.45) is 0 Å². The van der Waals surface area contributed by atoms with Gasteiger partial charge in [-0.2, -0.15) is 11.3 Å². The minimum absolute atomic E-state index is 0.0699. The second-order valence-electron chi connectivity index (χ2n) is 6.98. The average Bonchev–Trinajstić information content (AvgIpc) is 3.35. The fraction of sp³-hybridized carbons (Fsp3) is 0.333. The second-order valence-corrected chi connectivity index (χ2v) is 7.76. The molecule has 0 radical (unpaired) electrons. The van der Waals surface area contributed by atoms with Crippen molar-refractivity contribution >= 4 is 11.3 Å². The lowest BCUT2D eigenvalue weighted by molar-refractivity contribution is 0.108. The quantitative estimate of drug-likeness (QED) is 0.702. The molecule has 1 aliphatic heterocycles. The van der Waals surface area contributed by atoms with E-state index in [1.54, 1.807) is 17.4 Å². The number of aromatic amines is 1. The number of thiophene rings is 1. The summed E-state index contributed by atoms with van der Waals surface area (Å²) in [4.78, 5) is 22.1. The van der Waals surface area contributed by atoms with E-state index >= 15 is 0 Å². The minimum atomic E-state index is -0.132. The molecule has 5 nitrogen and oxygen atoms in total. The Hall–Kier alpha value is -2.28. The number of nitrogens with zero attached hydrogens (tertiary/aromatic N) is 2. The van der Waals surface area contributed by atoms with Crippen LogP contribution in [-0.4, -0.2) is 28.5 Å². The highest BCUT2D eigenvalue weighted by atomic mass is 32.1. The van der Waals surface area contributed by atoms with Gasteiger partial charge >= 0.3 is 0 Å². The van der Waals surface area contributed by atoms with Crippen molar-refractivity contribution < 1.29 is 4.74 Å². The maximum atomic E-state index is 12.2. The molecule has 1 atom stereocenters. The number of ether oxygens (including phenoxy) is 1. The molecule has 27 heavy (non-hydrogen) atoms. The number of rotatable bonds is 6. The fourth-order valence-electron chi connectivity index (χ4n) is 3.51. The Morgan fingerprint density at radius 3 is 2.96 bits per heavy atom. The van der Waals surface area contributed by atoms with Gasteiger partial charge in [0.1, 0.15) is 5.82 Å². The van der Waals surface area contributed by atoms with Gasteiger partial charge in [0.05, 0.1) is 11.8 Å². The van der Waals surface area contributed by atoms with Gasteiger partial charge in [0.2, 0.25) is 0 Å². The summed E-state index contributed by atoms with van der Waals surface area (Å²) in [5, 5.41) is 4.27. The molecular weight excluding hydrogens is 358 g/mol. The van der Waals surface area contributed by atoms with Crippen molar-refractivity contribution in [2.75, 3.05) is 13.7 Å². The number of hydrogen-bond donors (Lipinski definition) is 1. The van der Waals surface area contributed by atoms with Gasteiger partial charge in [0.25, 0.3) is 5.56 Å². The fourth-order valence-corrected chi connectivity index (χ4v) is 4.17. The SMILES string of the molecule is CN(Cc1ccsc1)Cc1ccccc1-c1nc(C2CCCO2)cc(=O)[nH]1. The lowest BCUT2D eigenvalue weighted by Crippen LogP contribution is -2.18. The molecule has 1 N–H and O–H groups in total. The van der Waals surface area contributed by atoms with Crippen LogP contribution in [0.5, 0.6) is 0 Å². The standard InChI is InChI=1S/C21H23N3O2S/c1-24(12-15-8-10-27-14-15)13-16-5-2-3-6-17(16)21-22-18(11-20(25)23-21)19-7-4-9-26-19/h2-3,5-6,8,10-11,14,19H,4,7,9,12-13H2,1H3,(H,22,23,25). The molecule has 1 aliphatic rings. The number of nitrogens with one attached hydrogen (secondary N) is 1. The van der Waals surface area contributed by atoms with E-state index in [0.29, 0.717) is 5.82 Å². The molecule has 1 fully saturated rings. The van der Waals surface area contributed by atoms with Crippen LogP contribution >= 0.6 is 11.3 Å².